The van der Waals surface area contributed by atoms with Crippen molar-refractivity contribution in [2.75, 3.05) is 11.9 Å². The molecule has 2 heterocycles. The topological polar surface area (TPSA) is 77.0 Å². The van der Waals surface area contributed by atoms with Crippen LogP contribution < -0.4 is 10.1 Å². The van der Waals surface area contributed by atoms with Gasteiger partial charge in [0.15, 0.2) is 5.13 Å². The maximum Gasteiger partial charge on any atom is 0.257 e. The highest BCUT2D eigenvalue weighted by Crippen LogP contribution is 2.27. The molecule has 0 aliphatic carbocycles. The van der Waals surface area contributed by atoms with Gasteiger partial charge in [-0.1, -0.05) is 6.92 Å². The molecule has 0 atom stereocenters. The van der Waals surface area contributed by atoms with Gasteiger partial charge in [-0.3, -0.25) is 10.1 Å². The standard InChI is InChI=1S/C19H16N4O2S2/c1-2-9-25-14-6-3-12(4-7-14)17-11-26-19(20-17)21-18(24)13-5-8-15-16(10-13)23-27-22-15/h3-8,10-11H,2,9H2,1H3,(H,20,21,24). The summed E-state index contributed by atoms with van der Waals surface area (Å²) >= 11 is 2.52. The SMILES string of the molecule is CCCOc1ccc(-c2csc(NC(=O)c3ccc4nsnc4c3)n2)cc1. The Morgan fingerprint density at radius 2 is 1.93 bits per heavy atom. The molecule has 4 aromatic rings. The molecule has 0 aliphatic heterocycles. The Morgan fingerprint density at radius 1 is 1.11 bits per heavy atom. The Morgan fingerprint density at radius 3 is 2.74 bits per heavy atom. The molecule has 2 aromatic carbocycles. The van der Waals surface area contributed by atoms with Crippen LogP contribution in [0.1, 0.15) is 23.7 Å². The molecule has 1 amide bonds. The van der Waals surface area contributed by atoms with Crippen molar-refractivity contribution >= 4 is 45.1 Å². The number of carbonyl (C=O) groups excluding carboxylic acids is 1. The summed E-state index contributed by atoms with van der Waals surface area (Å²) in [6.45, 7) is 2.78. The fourth-order valence-electron chi connectivity index (χ4n) is 2.50. The number of aromatic nitrogens is 3. The van der Waals surface area contributed by atoms with E-state index in [0.29, 0.717) is 17.3 Å². The molecule has 0 bridgehead atoms. The second-order valence-corrected chi connectivity index (χ2v) is 7.22. The van der Waals surface area contributed by atoms with Gasteiger partial charge in [0.2, 0.25) is 0 Å². The van der Waals surface area contributed by atoms with Crippen LogP contribution in [0.25, 0.3) is 22.3 Å². The lowest BCUT2D eigenvalue weighted by Crippen LogP contribution is -2.11. The van der Waals surface area contributed by atoms with E-state index in [1.165, 1.54) is 11.3 Å². The average molecular weight is 396 g/mol. The number of hydrogen-bond donors (Lipinski definition) is 1. The zero-order valence-electron chi connectivity index (χ0n) is 14.5. The van der Waals surface area contributed by atoms with E-state index in [1.54, 1.807) is 18.2 Å². The summed E-state index contributed by atoms with van der Waals surface area (Å²) in [5.74, 6) is 0.630. The van der Waals surface area contributed by atoms with Crippen molar-refractivity contribution in [1.29, 1.82) is 0 Å². The average Bonchev–Trinajstić information content (AvgIpc) is 3.35. The third-order valence-corrected chi connectivity index (χ3v) is 5.18. The minimum atomic E-state index is -0.214. The zero-order valence-corrected chi connectivity index (χ0v) is 16.1. The van der Waals surface area contributed by atoms with Gasteiger partial charge in [0, 0.05) is 16.5 Å². The zero-order chi connectivity index (χ0) is 18.6. The number of benzene rings is 2. The smallest absolute Gasteiger partial charge is 0.257 e. The van der Waals surface area contributed by atoms with Crippen LogP contribution in [-0.4, -0.2) is 26.2 Å². The summed E-state index contributed by atoms with van der Waals surface area (Å²) in [4.78, 5) is 17.0. The quantitative estimate of drug-likeness (QED) is 0.504. The number of nitrogens with one attached hydrogen (secondary N) is 1. The van der Waals surface area contributed by atoms with E-state index in [2.05, 4.69) is 26.0 Å². The summed E-state index contributed by atoms with van der Waals surface area (Å²) in [6, 6.07) is 13.1. The minimum absolute atomic E-state index is 0.214. The first-order chi connectivity index (χ1) is 13.2. The predicted octanol–water partition coefficient (Wildman–Crippen LogP) is 4.86. The molecule has 0 fully saturated rings. The first-order valence-corrected chi connectivity index (χ1v) is 10.1. The summed E-state index contributed by atoms with van der Waals surface area (Å²) in [5, 5.41) is 5.32. The molecular formula is C19H16N4O2S2. The van der Waals surface area contributed by atoms with E-state index in [1.807, 2.05) is 29.6 Å². The molecule has 2 aromatic heterocycles. The van der Waals surface area contributed by atoms with Crippen LogP contribution in [0, 0.1) is 0 Å². The summed E-state index contributed by atoms with van der Waals surface area (Å²) in [7, 11) is 0. The maximum absolute atomic E-state index is 12.5. The minimum Gasteiger partial charge on any atom is -0.494 e. The van der Waals surface area contributed by atoms with Gasteiger partial charge in [-0.15, -0.1) is 11.3 Å². The van der Waals surface area contributed by atoms with E-state index >= 15 is 0 Å². The lowest BCUT2D eigenvalue weighted by Gasteiger charge is -2.04. The van der Waals surface area contributed by atoms with Gasteiger partial charge in [-0.2, -0.15) is 8.75 Å². The van der Waals surface area contributed by atoms with E-state index < -0.39 is 0 Å². The fourth-order valence-corrected chi connectivity index (χ4v) is 3.73. The van der Waals surface area contributed by atoms with Crippen molar-refractivity contribution in [2.24, 2.45) is 0 Å². The molecule has 8 heteroatoms. The fraction of sp³-hybridized carbons (Fsp3) is 0.158. The highest BCUT2D eigenvalue weighted by molar-refractivity contribution is 7.14. The van der Waals surface area contributed by atoms with Crippen LogP contribution in [0.5, 0.6) is 5.75 Å². The Hall–Kier alpha value is -2.84. The molecule has 4 rings (SSSR count). The van der Waals surface area contributed by atoms with Crippen LogP contribution in [0.15, 0.2) is 47.8 Å². The molecule has 0 saturated heterocycles. The van der Waals surface area contributed by atoms with Crippen LogP contribution >= 0.6 is 23.1 Å². The summed E-state index contributed by atoms with van der Waals surface area (Å²) < 4.78 is 13.9. The van der Waals surface area contributed by atoms with Crippen molar-refractivity contribution in [3.8, 4) is 17.0 Å². The summed E-state index contributed by atoms with van der Waals surface area (Å²) in [5.41, 5.74) is 3.84. The lowest BCUT2D eigenvalue weighted by atomic mass is 10.2. The van der Waals surface area contributed by atoms with Gasteiger partial charge >= 0.3 is 0 Å². The van der Waals surface area contributed by atoms with Gasteiger partial charge < -0.3 is 4.74 Å². The second-order valence-electron chi connectivity index (χ2n) is 5.83. The third kappa shape index (κ3) is 3.96. The van der Waals surface area contributed by atoms with E-state index in [9.17, 15) is 4.79 Å². The number of nitrogens with zero attached hydrogens (tertiary/aromatic N) is 3. The molecule has 0 unspecified atom stereocenters. The van der Waals surface area contributed by atoms with Crippen molar-refractivity contribution < 1.29 is 9.53 Å². The highest BCUT2D eigenvalue weighted by atomic mass is 32.1. The largest absolute Gasteiger partial charge is 0.494 e. The monoisotopic (exact) mass is 396 g/mol. The van der Waals surface area contributed by atoms with Gasteiger partial charge in [0.25, 0.3) is 5.91 Å². The number of carbonyl (C=O) groups is 1. The number of amides is 1. The third-order valence-electron chi connectivity index (χ3n) is 3.86. The van der Waals surface area contributed by atoms with Crippen LogP contribution in [0.4, 0.5) is 5.13 Å². The lowest BCUT2D eigenvalue weighted by molar-refractivity contribution is 0.102. The molecule has 0 aliphatic rings. The number of ether oxygens (including phenoxy) is 1. The second kappa shape index (κ2) is 7.81. The van der Waals surface area contributed by atoms with Crippen molar-refractivity contribution in [1.82, 2.24) is 13.7 Å². The first-order valence-electron chi connectivity index (χ1n) is 8.45. The molecule has 0 spiro atoms. The van der Waals surface area contributed by atoms with E-state index in [0.717, 1.165) is 46.2 Å². The molecular weight excluding hydrogens is 380 g/mol. The van der Waals surface area contributed by atoms with Crippen LogP contribution in [0.2, 0.25) is 0 Å². The molecule has 0 radical (unpaired) electrons. The van der Waals surface area contributed by atoms with E-state index in [4.69, 9.17) is 4.74 Å². The molecule has 6 nitrogen and oxygen atoms in total. The maximum atomic E-state index is 12.5. The van der Waals surface area contributed by atoms with Gasteiger partial charge in [-0.25, -0.2) is 4.98 Å². The molecule has 27 heavy (non-hydrogen) atoms. The van der Waals surface area contributed by atoms with E-state index in [-0.39, 0.29) is 5.91 Å². The number of anilines is 1. The highest BCUT2D eigenvalue weighted by Gasteiger charge is 2.12. The summed E-state index contributed by atoms with van der Waals surface area (Å²) in [6.07, 6.45) is 0.975. The Balaban J connectivity index is 1.46. The molecule has 0 saturated carbocycles. The van der Waals surface area contributed by atoms with Gasteiger partial charge in [0.05, 0.1) is 24.0 Å². The number of fused-ring (bicyclic) bond motifs is 1. The molecule has 136 valence electrons. The normalized spacial score (nSPS) is 10.9. The Bertz CT molecular complexity index is 1070. The van der Waals surface area contributed by atoms with Crippen molar-refractivity contribution in [3.63, 3.8) is 0 Å². The predicted molar refractivity (Wildman–Crippen MR) is 109 cm³/mol. The Kier molecular flexibility index (Phi) is 5.08. The number of hydrogen-bond acceptors (Lipinski definition) is 7. The van der Waals surface area contributed by atoms with Gasteiger partial charge in [0.1, 0.15) is 16.8 Å². The number of rotatable bonds is 6. The van der Waals surface area contributed by atoms with Crippen molar-refractivity contribution in [2.45, 2.75) is 13.3 Å². The van der Waals surface area contributed by atoms with Crippen LogP contribution in [-0.2, 0) is 0 Å². The van der Waals surface area contributed by atoms with Gasteiger partial charge in [-0.05, 0) is 48.9 Å². The number of thiazole rings is 1. The van der Waals surface area contributed by atoms with Crippen molar-refractivity contribution in [3.05, 3.63) is 53.4 Å². The van der Waals surface area contributed by atoms with Crippen LogP contribution in [0.3, 0.4) is 0 Å². The molecule has 1 N–H and O–H groups in total. The Labute approximate surface area is 164 Å². The first kappa shape index (κ1) is 17.6.